The Bertz CT molecular complexity index is 616. The summed E-state index contributed by atoms with van der Waals surface area (Å²) in [6.07, 6.45) is 0. The van der Waals surface area contributed by atoms with Gasteiger partial charge in [-0.3, -0.25) is 0 Å². The third-order valence-corrected chi connectivity index (χ3v) is 3.73. The Labute approximate surface area is 124 Å². The van der Waals surface area contributed by atoms with E-state index in [2.05, 4.69) is 19.8 Å². The van der Waals surface area contributed by atoms with Gasteiger partial charge in [-0.25, -0.2) is 14.4 Å². The highest BCUT2D eigenvalue weighted by Crippen LogP contribution is 2.21. The lowest BCUT2D eigenvalue weighted by atomic mass is 10.2. The van der Waals surface area contributed by atoms with Crippen molar-refractivity contribution in [1.29, 1.82) is 0 Å². The largest absolute Gasteiger partial charge is 0.366 e. The molecular weight excluding hydrogens is 267 g/mol. The van der Waals surface area contributed by atoms with Crippen molar-refractivity contribution in [2.75, 3.05) is 36.0 Å². The van der Waals surface area contributed by atoms with Crippen LogP contribution in [0, 0.1) is 19.7 Å². The number of anilines is 2. The summed E-state index contributed by atoms with van der Waals surface area (Å²) < 4.78 is 13.8. The summed E-state index contributed by atoms with van der Waals surface area (Å²) >= 11 is 0. The number of aromatic nitrogens is 2. The van der Waals surface area contributed by atoms with Gasteiger partial charge in [0, 0.05) is 37.6 Å². The molecule has 1 fully saturated rings. The van der Waals surface area contributed by atoms with Gasteiger partial charge in [0.25, 0.3) is 0 Å². The van der Waals surface area contributed by atoms with E-state index in [1.54, 1.807) is 6.07 Å². The second kappa shape index (κ2) is 5.68. The van der Waals surface area contributed by atoms with Gasteiger partial charge in [-0.05, 0) is 32.0 Å². The number of hydrogen-bond acceptors (Lipinski definition) is 4. The summed E-state index contributed by atoms with van der Waals surface area (Å²) in [5, 5.41) is 0. The molecule has 0 aliphatic carbocycles. The number of rotatable bonds is 2. The first-order valence-electron chi connectivity index (χ1n) is 7.20. The van der Waals surface area contributed by atoms with Crippen LogP contribution in [0.25, 0.3) is 0 Å². The minimum atomic E-state index is -0.159. The van der Waals surface area contributed by atoms with Crippen molar-refractivity contribution >= 4 is 11.6 Å². The Morgan fingerprint density at radius 3 is 2.10 bits per heavy atom. The lowest BCUT2D eigenvalue weighted by molar-refractivity contribution is 0.593. The second-order valence-electron chi connectivity index (χ2n) is 5.38. The Balaban J connectivity index is 1.72. The average molecular weight is 286 g/mol. The summed E-state index contributed by atoms with van der Waals surface area (Å²) in [5.74, 6) is 0.620. The molecule has 0 atom stereocenters. The predicted octanol–water partition coefficient (Wildman–Crippen LogP) is 2.56. The Kier molecular flexibility index (Phi) is 3.73. The van der Waals surface area contributed by atoms with Crippen LogP contribution in [0.4, 0.5) is 16.0 Å². The van der Waals surface area contributed by atoms with Crippen molar-refractivity contribution in [2.24, 2.45) is 0 Å². The molecule has 4 nitrogen and oxygen atoms in total. The molecule has 0 radical (unpaired) electrons. The van der Waals surface area contributed by atoms with Crippen LogP contribution in [-0.4, -0.2) is 36.1 Å². The summed E-state index contributed by atoms with van der Waals surface area (Å²) in [4.78, 5) is 13.2. The van der Waals surface area contributed by atoms with Gasteiger partial charge in [0.1, 0.15) is 5.82 Å². The molecule has 1 saturated heterocycles. The second-order valence-corrected chi connectivity index (χ2v) is 5.38. The zero-order valence-electron chi connectivity index (χ0n) is 12.4. The van der Waals surface area contributed by atoms with E-state index in [0.717, 1.165) is 43.5 Å². The number of para-hydroxylation sites is 1. The summed E-state index contributed by atoms with van der Waals surface area (Å²) in [7, 11) is 0. The summed E-state index contributed by atoms with van der Waals surface area (Å²) in [5.41, 5.74) is 2.64. The van der Waals surface area contributed by atoms with Crippen molar-refractivity contribution < 1.29 is 4.39 Å². The van der Waals surface area contributed by atoms with Crippen molar-refractivity contribution in [3.05, 3.63) is 47.5 Å². The molecule has 0 spiro atoms. The first-order chi connectivity index (χ1) is 10.1. The molecule has 0 bridgehead atoms. The molecule has 2 heterocycles. The number of nitrogens with zero attached hydrogens (tertiary/aromatic N) is 4. The van der Waals surface area contributed by atoms with Crippen LogP contribution >= 0.6 is 0 Å². The first kappa shape index (κ1) is 13.8. The number of benzene rings is 1. The standard InChI is InChI=1S/C16H19FN4/c1-12-11-13(2)19-16(18-12)21-9-7-20(8-10-21)15-6-4-3-5-14(15)17/h3-6,11H,7-10H2,1-2H3. The van der Waals surface area contributed by atoms with Crippen LogP contribution < -0.4 is 9.80 Å². The maximum Gasteiger partial charge on any atom is 0.225 e. The topological polar surface area (TPSA) is 32.3 Å². The zero-order chi connectivity index (χ0) is 14.8. The highest BCUT2D eigenvalue weighted by Gasteiger charge is 2.21. The number of aryl methyl sites for hydroxylation is 2. The summed E-state index contributed by atoms with van der Waals surface area (Å²) in [6.45, 7) is 7.12. The Morgan fingerprint density at radius 2 is 1.48 bits per heavy atom. The van der Waals surface area contributed by atoms with E-state index < -0.39 is 0 Å². The van der Waals surface area contributed by atoms with Crippen molar-refractivity contribution in [2.45, 2.75) is 13.8 Å². The highest BCUT2D eigenvalue weighted by molar-refractivity contribution is 5.49. The quantitative estimate of drug-likeness (QED) is 0.849. The fourth-order valence-electron chi connectivity index (χ4n) is 2.70. The van der Waals surface area contributed by atoms with Crippen LogP contribution in [-0.2, 0) is 0 Å². The van der Waals surface area contributed by atoms with Gasteiger partial charge in [-0.2, -0.15) is 0 Å². The lowest BCUT2D eigenvalue weighted by Gasteiger charge is -2.36. The van der Waals surface area contributed by atoms with Crippen LogP contribution in [0.5, 0.6) is 0 Å². The third-order valence-electron chi connectivity index (χ3n) is 3.73. The minimum Gasteiger partial charge on any atom is -0.366 e. The first-order valence-corrected chi connectivity index (χ1v) is 7.20. The molecule has 110 valence electrons. The van der Waals surface area contributed by atoms with Crippen molar-refractivity contribution in [3.63, 3.8) is 0 Å². The van der Waals surface area contributed by atoms with Crippen LogP contribution in [0.2, 0.25) is 0 Å². The molecule has 0 amide bonds. The molecule has 3 rings (SSSR count). The average Bonchev–Trinajstić information content (AvgIpc) is 2.47. The zero-order valence-corrected chi connectivity index (χ0v) is 12.4. The normalized spacial score (nSPS) is 15.4. The fraction of sp³-hybridized carbons (Fsp3) is 0.375. The highest BCUT2D eigenvalue weighted by atomic mass is 19.1. The molecule has 1 aliphatic heterocycles. The van der Waals surface area contributed by atoms with E-state index in [1.807, 2.05) is 32.0 Å². The van der Waals surface area contributed by atoms with Gasteiger partial charge in [-0.15, -0.1) is 0 Å². The Hall–Kier alpha value is -2.17. The van der Waals surface area contributed by atoms with E-state index in [0.29, 0.717) is 5.69 Å². The third kappa shape index (κ3) is 2.96. The molecule has 0 saturated carbocycles. The molecule has 2 aromatic rings. The molecule has 0 N–H and O–H groups in total. The van der Waals surface area contributed by atoms with Crippen LogP contribution in [0.1, 0.15) is 11.4 Å². The predicted molar refractivity (Wildman–Crippen MR) is 82.3 cm³/mol. The van der Waals surface area contributed by atoms with E-state index in [-0.39, 0.29) is 5.82 Å². The van der Waals surface area contributed by atoms with E-state index in [4.69, 9.17) is 0 Å². The lowest BCUT2D eigenvalue weighted by Crippen LogP contribution is -2.47. The van der Waals surface area contributed by atoms with Crippen LogP contribution in [0.3, 0.4) is 0 Å². The molecule has 0 unspecified atom stereocenters. The van der Waals surface area contributed by atoms with Gasteiger partial charge in [0.05, 0.1) is 5.69 Å². The molecule has 5 heteroatoms. The molecular formula is C16H19FN4. The minimum absolute atomic E-state index is 0.159. The molecule has 1 aliphatic rings. The van der Waals surface area contributed by atoms with Crippen LogP contribution in [0.15, 0.2) is 30.3 Å². The van der Waals surface area contributed by atoms with Crippen molar-refractivity contribution in [1.82, 2.24) is 9.97 Å². The van der Waals surface area contributed by atoms with Gasteiger partial charge in [-0.1, -0.05) is 12.1 Å². The molecule has 1 aromatic carbocycles. The van der Waals surface area contributed by atoms with Gasteiger partial charge in [0.15, 0.2) is 0 Å². The molecule has 1 aromatic heterocycles. The SMILES string of the molecule is Cc1cc(C)nc(N2CCN(c3ccccc3F)CC2)n1. The maximum atomic E-state index is 13.8. The maximum absolute atomic E-state index is 13.8. The van der Waals surface area contributed by atoms with Gasteiger partial charge < -0.3 is 9.80 Å². The molecule has 21 heavy (non-hydrogen) atoms. The van der Waals surface area contributed by atoms with E-state index in [9.17, 15) is 4.39 Å². The fourth-order valence-corrected chi connectivity index (χ4v) is 2.70. The van der Waals surface area contributed by atoms with Gasteiger partial charge in [0.2, 0.25) is 5.95 Å². The van der Waals surface area contributed by atoms with E-state index >= 15 is 0 Å². The van der Waals surface area contributed by atoms with Gasteiger partial charge >= 0.3 is 0 Å². The number of hydrogen-bond donors (Lipinski definition) is 0. The van der Waals surface area contributed by atoms with Crippen molar-refractivity contribution in [3.8, 4) is 0 Å². The number of halogens is 1. The Morgan fingerprint density at radius 1 is 0.905 bits per heavy atom. The smallest absolute Gasteiger partial charge is 0.225 e. The van der Waals surface area contributed by atoms with E-state index in [1.165, 1.54) is 6.07 Å². The summed E-state index contributed by atoms with van der Waals surface area (Å²) in [6, 6.07) is 8.91. The number of piperazine rings is 1. The monoisotopic (exact) mass is 286 g/mol.